The van der Waals surface area contributed by atoms with Gasteiger partial charge >= 0.3 is 0 Å². The average Bonchev–Trinajstić information content (AvgIpc) is 2.70. The molecule has 0 bridgehead atoms. The summed E-state index contributed by atoms with van der Waals surface area (Å²) in [4.78, 5) is 1.31. The number of hydrogen-bond donors (Lipinski definition) is 6. The minimum absolute atomic E-state index is 0.219. The van der Waals surface area contributed by atoms with Crippen LogP contribution in [-0.4, -0.2) is 75.7 Å². The number of rotatable bonds is 3. The molecule has 8 nitrogen and oxygen atoms in total. The fraction of sp³-hybridized carbons (Fsp3) is 1.00. The van der Waals surface area contributed by atoms with Gasteiger partial charge in [-0.3, -0.25) is 5.32 Å². The molecule has 19 heavy (non-hydrogen) atoms. The Bertz CT molecular complexity index is 313. The Kier molecular flexibility index (Phi) is 4.69. The molecule has 0 aromatic rings. The molecule has 0 saturated carbocycles. The lowest BCUT2D eigenvalue weighted by atomic mass is 10.1. The first kappa shape index (κ1) is 15.0. The summed E-state index contributed by atoms with van der Waals surface area (Å²) in [7, 11) is 0. The zero-order valence-corrected chi connectivity index (χ0v) is 10.5. The van der Waals surface area contributed by atoms with E-state index in [0.29, 0.717) is 0 Å². The van der Waals surface area contributed by atoms with Crippen molar-refractivity contribution in [1.82, 2.24) is 15.7 Å². The summed E-state index contributed by atoms with van der Waals surface area (Å²) >= 11 is 0. The van der Waals surface area contributed by atoms with E-state index in [-0.39, 0.29) is 12.5 Å². The van der Waals surface area contributed by atoms with Gasteiger partial charge in [0.15, 0.2) is 12.5 Å². The second kappa shape index (κ2) is 5.94. The molecule has 112 valence electrons. The number of hydroxylamine groups is 1. The summed E-state index contributed by atoms with van der Waals surface area (Å²) in [5.74, 6) is -0.229. The molecule has 2 aliphatic heterocycles. The van der Waals surface area contributed by atoms with Gasteiger partial charge in [0.2, 0.25) is 0 Å². The Labute approximate surface area is 109 Å². The SMILES string of the molecule is CC1CN(C2O[C@H](CO)C(NO)C2F)C(O)NC1O. The topological polar surface area (TPSA) is 117 Å². The fourth-order valence-electron chi connectivity index (χ4n) is 2.48. The van der Waals surface area contributed by atoms with Crippen LogP contribution in [0.4, 0.5) is 4.39 Å². The van der Waals surface area contributed by atoms with Crippen LogP contribution in [0.15, 0.2) is 0 Å². The highest BCUT2D eigenvalue weighted by atomic mass is 19.1. The first-order chi connectivity index (χ1) is 8.99. The van der Waals surface area contributed by atoms with Crippen molar-refractivity contribution in [2.45, 2.75) is 44.0 Å². The van der Waals surface area contributed by atoms with Crippen LogP contribution < -0.4 is 10.8 Å². The Hall–Kier alpha value is -0.390. The van der Waals surface area contributed by atoms with Gasteiger partial charge in [0, 0.05) is 12.5 Å². The molecule has 2 fully saturated rings. The number of ether oxygens (including phenoxy) is 1. The lowest BCUT2D eigenvalue weighted by Crippen LogP contribution is -2.63. The maximum atomic E-state index is 14.2. The lowest BCUT2D eigenvalue weighted by Gasteiger charge is -2.42. The van der Waals surface area contributed by atoms with Gasteiger partial charge < -0.3 is 25.3 Å². The second-order valence-electron chi connectivity index (χ2n) is 5.01. The van der Waals surface area contributed by atoms with E-state index in [1.165, 1.54) is 4.90 Å². The van der Waals surface area contributed by atoms with Crippen LogP contribution in [0, 0.1) is 5.92 Å². The van der Waals surface area contributed by atoms with Crippen LogP contribution in [0.5, 0.6) is 0 Å². The molecule has 0 amide bonds. The zero-order chi connectivity index (χ0) is 14.2. The van der Waals surface area contributed by atoms with E-state index in [4.69, 9.17) is 15.1 Å². The van der Waals surface area contributed by atoms with E-state index in [0.717, 1.165) is 0 Å². The fourth-order valence-corrected chi connectivity index (χ4v) is 2.48. The van der Waals surface area contributed by atoms with Gasteiger partial charge in [-0.05, 0) is 0 Å². The molecule has 2 heterocycles. The van der Waals surface area contributed by atoms with Crippen LogP contribution in [0.1, 0.15) is 6.92 Å². The van der Waals surface area contributed by atoms with Gasteiger partial charge in [0.25, 0.3) is 0 Å². The van der Waals surface area contributed by atoms with E-state index in [1.54, 1.807) is 12.4 Å². The summed E-state index contributed by atoms with van der Waals surface area (Å²) < 4.78 is 19.5. The summed E-state index contributed by atoms with van der Waals surface area (Å²) in [6.45, 7) is 1.51. The molecule has 2 aliphatic rings. The zero-order valence-electron chi connectivity index (χ0n) is 10.5. The number of aliphatic hydroxyl groups excluding tert-OH is 3. The van der Waals surface area contributed by atoms with E-state index in [9.17, 15) is 14.6 Å². The van der Waals surface area contributed by atoms with Crippen molar-refractivity contribution in [2.24, 2.45) is 5.92 Å². The highest BCUT2D eigenvalue weighted by molar-refractivity contribution is 4.95. The molecule has 6 unspecified atom stereocenters. The predicted octanol–water partition coefficient (Wildman–Crippen LogP) is -2.48. The van der Waals surface area contributed by atoms with Crippen molar-refractivity contribution in [1.29, 1.82) is 0 Å². The van der Waals surface area contributed by atoms with E-state index in [2.05, 4.69) is 5.32 Å². The van der Waals surface area contributed by atoms with Crippen LogP contribution in [0.2, 0.25) is 0 Å². The molecular weight excluding hydrogens is 261 g/mol. The van der Waals surface area contributed by atoms with Gasteiger partial charge in [-0.25, -0.2) is 9.29 Å². The Morgan fingerprint density at radius 2 is 2.16 bits per heavy atom. The minimum Gasteiger partial charge on any atom is -0.394 e. The molecule has 6 N–H and O–H groups in total. The summed E-state index contributed by atoms with van der Waals surface area (Å²) in [5, 5.41) is 39.8. The molecule has 2 saturated heterocycles. The van der Waals surface area contributed by atoms with Gasteiger partial charge in [0.05, 0.1) is 12.6 Å². The normalized spacial score (nSPS) is 48.6. The maximum Gasteiger partial charge on any atom is 0.167 e. The van der Waals surface area contributed by atoms with Crippen molar-refractivity contribution in [3.63, 3.8) is 0 Å². The first-order valence-electron chi connectivity index (χ1n) is 6.17. The molecule has 0 radical (unpaired) electrons. The summed E-state index contributed by atoms with van der Waals surface area (Å²) in [5.41, 5.74) is 1.78. The van der Waals surface area contributed by atoms with Crippen molar-refractivity contribution in [3.8, 4) is 0 Å². The van der Waals surface area contributed by atoms with Gasteiger partial charge in [-0.1, -0.05) is 6.92 Å². The number of aliphatic hydroxyl groups is 3. The highest BCUT2D eigenvalue weighted by Crippen LogP contribution is 2.29. The smallest absolute Gasteiger partial charge is 0.167 e. The first-order valence-corrected chi connectivity index (χ1v) is 6.17. The van der Waals surface area contributed by atoms with E-state index in [1.807, 2.05) is 0 Å². The van der Waals surface area contributed by atoms with Crippen molar-refractivity contribution in [3.05, 3.63) is 0 Å². The van der Waals surface area contributed by atoms with Crippen LogP contribution in [0.3, 0.4) is 0 Å². The molecule has 0 aromatic heterocycles. The molecule has 7 atom stereocenters. The monoisotopic (exact) mass is 281 g/mol. The largest absolute Gasteiger partial charge is 0.394 e. The second-order valence-corrected chi connectivity index (χ2v) is 5.01. The summed E-state index contributed by atoms with van der Waals surface area (Å²) in [6, 6.07) is -1.07. The number of alkyl halides is 1. The lowest BCUT2D eigenvalue weighted by molar-refractivity contribution is -0.197. The van der Waals surface area contributed by atoms with Crippen LogP contribution >= 0.6 is 0 Å². The third kappa shape index (κ3) is 2.73. The molecule has 2 rings (SSSR count). The average molecular weight is 281 g/mol. The Morgan fingerprint density at radius 1 is 1.47 bits per heavy atom. The van der Waals surface area contributed by atoms with Gasteiger partial charge in [0.1, 0.15) is 18.6 Å². The van der Waals surface area contributed by atoms with Crippen molar-refractivity contribution < 1.29 is 29.7 Å². The molecule has 0 aromatic carbocycles. The standard InChI is InChI=1S/C10H20FN3O5/c1-4-2-14(10(17)12-8(4)16)9-6(11)7(13-18)5(3-15)19-9/h4-10,12-13,15-18H,2-3H2,1H3/t4?,5-,6?,7?,8?,9?,10?/m1/s1. The van der Waals surface area contributed by atoms with E-state index >= 15 is 0 Å². The summed E-state index contributed by atoms with van der Waals surface area (Å²) in [6.07, 6.45) is -5.78. The van der Waals surface area contributed by atoms with Crippen LogP contribution in [0.25, 0.3) is 0 Å². The van der Waals surface area contributed by atoms with E-state index < -0.39 is 43.7 Å². The Morgan fingerprint density at radius 3 is 2.68 bits per heavy atom. The number of nitrogens with zero attached hydrogens (tertiary/aromatic N) is 1. The Balaban J connectivity index is 2.09. The van der Waals surface area contributed by atoms with Crippen LogP contribution in [-0.2, 0) is 4.74 Å². The minimum atomic E-state index is -1.62. The van der Waals surface area contributed by atoms with Gasteiger partial charge in [-0.2, -0.15) is 5.48 Å². The molecule has 0 aliphatic carbocycles. The number of hydrogen-bond acceptors (Lipinski definition) is 8. The quantitative estimate of drug-likeness (QED) is 0.315. The van der Waals surface area contributed by atoms with Gasteiger partial charge in [-0.15, -0.1) is 0 Å². The third-order valence-corrected chi connectivity index (χ3v) is 3.66. The molecule has 0 spiro atoms. The third-order valence-electron chi connectivity index (χ3n) is 3.66. The molecule has 9 heteroatoms. The molecular formula is C10H20FN3O5. The highest BCUT2D eigenvalue weighted by Gasteiger charge is 2.50. The predicted molar refractivity (Wildman–Crippen MR) is 60.4 cm³/mol. The van der Waals surface area contributed by atoms with Crippen molar-refractivity contribution in [2.75, 3.05) is 13.2 Å². The maximum absolute atomic E-state index is 14.2. The number of nitrogens with one attached hydrogen (secondary N) is 2. The number of halogens is 1. The van der Waals surface area contributed by atoms with Crippen molar-refractivity contribution >= 4 is 0 Å².